The first kappa shape index (κ1) is 15.0. The van der Waals surface area contributed by atoms with Gasteiger partial charge >= 0.3 is 0 Å². The predicted octanol–water partition coefficient (Wildman–Crippen LogP) is 0.941. The van der Waals surface area contributed by atoms with Gasteiger partial charge in [-0.1, -0.05) is 18.2 Å². The summed E-state index contributed by atoms with van der Waals surface area (Å²) in [4.78, 5) is 3.91. The van der Waals surface area contributed by atoms with Crippen molar-refractivity contribution < 1.29 is 8.42 Å². The van der Waals surface area contributed by atoms with Crippen LogP contribution in [0.5, 0.6) is 0 Å². The van der Waals surface area contributed by atoms with Crippen LogP contribution >= 0.6 is 0 Å². The third kappa shape index (κ3) is 3.40. The number of sulfonamides is 1. The molecule has 8 heteroatoms. The van der Waals surface area contributed by atoms with Crippen molar-refractivity contribution in [1.29, 1.82) is 5.41 Å². The second-order valence-electron chi connectivity index (χ2n) is 4.57. The third-order valence-corrected chi connectivity index (χ3v) is 4.58. The molecule has 0 saturated heterocycles. The molecule has 1 heterocycles. The van der Waals surface area contributed by atoms with Crippen molar-refractivity contribution in [3.8, 4) is 0 Å². The number of anilines is 1. The molecule has 1 aromatic carbocycles. The van der Waals surface area contributed by atoms with Crippen LogP contribution in [0.3, 0.4) is 0 Å². The Labute approximate surface area is 123 Å². The summed E-state index contributed by atoms with van der Waals surface area (Å²) in [6, 6.07) is 8.70. The van der Waals surface area contributed by atoms with Crippen LogP contribution in [0.15, 0.2) is 47.9 Å². The van der Waals surface area contributed by atoms with E-state index in [1.54, 1.807) is 41.9 Å². The SMILES string of the molecule is Cn1cnc(S(=O)(=O)N(CCC(=N)N)c2ccccc2)c1. The van der Waals surface area contributed by atoms with Gasteiger partial charge in [0.15, 0.2) is 5.03 Å². The Bertz CT molecular complexity index is 724. The van der Waals surface area contributed by atoms with E-state index in [1.807, 2.05) is 0 Å². The Morgan fingerprint density at radius 1 is 1.38 bits per heavy atom. The van der Waals surface area contributed by atoms with E-state index in [4.69, 9.17) is 11.1 Å². The first-order valence-electron chi connectivity index (χ1n) is 6.30. The van der Waals surface area contributed by atoms with Gasteiger partial charge in [-0.15, -0.1) is 0 Å². The van der Waals surface area contributed by atoms with E-state index in [9.17, 15) is 8.42 Å². The van der Waals surface area contributed by atoms with Gasteiger partial charge in [-0.3, -0.25) is 9.71 Å². The lowest BCUT2D eigenvalue weighted by Crippen LogP contribution is -2.34. The molecule has 0 saturated carbocycles. The van der Waals surface area contributed by atoms with Gasteiger partial charge in [-0.05, 0) is 12.1 Å². The van der Waals surface area contributed by atoms with Crippen molar-refractivity contribution >= 4 is 21.5 Å². The molecule has 0 bridgehead atoms. The molecule has 7 nitrogen and oxygen atoms in total. The highest BCUT2D eigenvalue weighted by molar-refractivity contribution is 7.92. The van der Waals surface area contributed by atoms with Gasteiger partial charge in [-0.25, -0.2) is 4.98 Å². The number of hydrogen-bond acceptors (Lipinski definition) is 4. The van der Waals surface area contributed by atoms with Gasteiger partial charge in [0.25, 0.3) is 10.0 Å². The topological polar surface area (TPSA) is 105 Å². The summed E-state index contributed by atoms with van der Waals surface area (Å²) < 4.78 is 28.2. The highest BCUT2D eigenvalue weighted by Crippen LogP contribution is 2.22. The standard InChI is InChI=1S/C13H17N5O2S/c1-17-9-13(16-10-17)21(19,20)18(8-7-12(14)15)11-5-3-2-4-6-11/h2-6,9-10H,7-8H2,1H3,(H3,14,15). The number of aryl methyl sites for hydroxylation is 1. The molecule has 2 aromatic rings. The van der Waals surface area contributed by atoms with E-state index >= 15 is 0 Å². The largest absolute Gasteiger partial charge is 0.388 e. The molecule has 1 aromatic heterocycles. The van der Waals surface area contributed by atoms with Crippen molar-refractivity contribution in [2.75, 3.05) is 10.8 Å². The van der Waals surface area contributed by atoms with Crippen LogP contribution < -0.4 is 10.0 Å². The van der Waals surface area contributed by atoms with Crippen LogP contribution in [0.2, 0.25) is 0 Å². The fraction of sp³-hybridized carbons (Fsp3) is 0.231. The Morgan fingerprint density at radius 2 is 2.05 bits per heavy atom. The zero-order valence-electron chi connectivity index (χ0n) is 11.6. The Morgan fingerprint density at radius 3 is 2.57 bits per heavy atom. The molecule has 2 rings (SSSR count). The molecule has 0 amide bonds. The molecule has 0 radical (unpaired) electrons. The number of nitrogens with zero attached hydrogens (tertiary/aromatic N) is 3. The van der Waals surface area contributed by atoms with Gasteiger partial charge in [0, 0.05) is 26.2 Å². The predicted molar refractivity (Wildman–Crippen MR) is 80.7 cm³/mol. The molecular weight excluding hydrogens is 290 g/mol. The van der Waals surface area contributed by atoms with Crippen molar-refractivity contribution in [2.45, 2.75) is 11.4 Å². The summed E-state index contributed by atoms with van der Waals surface area (Å²) in [7, 11) is -2.08. The zero-order chi connectivity index (χ0) is 15.5. The number of nitrogens with one attached hydrogen (secondary N) is 1. The van der Waals surface area contributed by atoms with Crippen LogP contribution in [0.4, 0.5) is 5.69 Å². The molecule has 0 aliphatic heterocycles. The van der Waals surface area contributed by atoms with Gasteiger partial charge in [0.2, 0.25) is 0 Å². The maximum Gasteiger partial charge on any atom is 0.283 e. The van der Waals surface area contributed by atoms with Gasteiger partial charge in [0.1, 0.15) is 0 Å². The van der Waals surface area contributed by atoms with Gasteiger partial charge in [-0.2, -0.15) is 8.42 Å². The van der Waals surface area contributed by atoms with Crippen LogP contribution in [-0.4, -0.2) is 30.3 Å². The van der Waals surface area contributed by atoms with E-state index in [1.165, 1.54) is 16.8 Å². The van der Waals surface area contributed by atoms with Crippen LogP contribution in [0.1, 0.15) is 6.42 Å². The number of para-hydroxylation sites is 1. The molecule has 0 aliphatic rings. The van der Waals surface area contributed by atoms with E-state index < -0.39 is 10.0 Å². The summed E-state index contributed by atoms with van der Waals surface area (Å²) in [5.74, 6) is -0.0628. The van der Waals surface area contributed by atoms with Gasteiger partial charge in [0.05, 0.1) is 17.9 Å². The fourth-order valence-corrected chi connectivity index (χ4v) is 3.28. The average Bonchev–Trinajstić information content (AvgIpc) is 2.87. The fourth-order valence-electron chi connectivity index (χ4n) is 1.84. The minimum absolute atomic E-state index is 0.0302. The molecule has 0 unspecified atom stereocenters. The molecule has 0 aliphatic carbocycles. The number of imidazole rings is 1. The summed E-state index contributed by atoms with van der Waals surface area (Å²) in [5.41, 5.74) is 5.86. The van der Waals surface area contributed by atoms with Crippen LogP contribution in [-0.2, 0) is 17.1 Å². The lowest BCUT2D eigenvalue weighted by atomic mass is 10.3. The Hall–Kier alpha value is -2.35. The van der Waals surface area contributed by atoms with Crippen LogP contribution in [0, 0.1) is 5.41 Å². The smallest absolute Gasteiger partial charge is 0.283 e. The number of aromatic nitrogens is 2. The monoisotopic (exact) mass is 307 g/mol. The molecule has 0 atom stereocenters. The molecular formula is C13H17N5O2S. The quantitative estimate of drug-likeness (QED) is 0.612. The zero-order valence-corrected chi connectivity index (χ0v) is 12.4. The number of nitrogens with two attached hydrogens (primary N) is 1. The first-order chi connectivity index (χ1) is 9.91. The number of amidine groups is 1. The van der Waals surface area contributed by atoms with E-state index in [0.29, 0.717) is 5.69 Å². The molecule has 21 heavy (non-hydrogen) atoms. The van der Waals surface area contributed by atoms with E-state index in [-0.39, 0.29) is 23.8 Å². The van der Waals surface area contributed by atoms with Crippen molar-refractivity contribution in [3.63, 3.8) is 0 Å². The second kappa shape index (κ2) is 5.96. The highest BCUT2D eigenvalue weighted by atomic mass is 32.2. The summed E-state index contributed by atoms with van der Waals surface area (Å²) in [6.45, 7) is 0.0955. The average molecular weight is 307 g/mol. The maximum atomic E-state index is 12.7. The highest BCUT2D eigenvalue weighted by Gasteiger charge is 2.26. The summed E-state index contributed by atoms with van der Waals surface area (Å²) in [6.07, 6.45) is 3.03. The maximum absolute atomic E-state index is 12.7. The number of hydrogen-bond donors (Lipinski definition) is 2. The van der Waals surface area contributed by atoms with Crippen LogP contribution in [0.25, 0.3) is 0 Å². The van der Waals surface area contributed by atoms with Crippen molar-refractivity contribution in [3.05, 3.63) is 42.9 Å². The molecule has 112 valence electrons. The molecule has 0 spiro atoms. The normalized spacial score (nSPS) is 11.3. The summed E-state index contributed by atoms with van der Waals surface area (Å²) >= 11 is 0. The van der Waals surface area contributed by atoms with Crippen molar-refractivity contribution in [1.82, 2.24) is 9.55 Å². The Balaban J connectivity index is 2.41. The van der Waals surface area contributed by atoms with E-state index in [0.717, 1.165) is 0 Å². The lowest BCUT2D eigenvalue weighted by molar-refractivity contribution is 0.588. The second-order valence-corrected chi connectivity index (χ2v) is 6.37. The Kier molecular flexibility index (Phi) is 4.27. The van der Waals surface area contributed by atoms with E-state index in [2.05, 4.69) is 4.98 Å². The van der Waals surface area contributed by atoms with Crippen molar-refractivity contribution in [2.24, 2.45) is 12.8 Å². The summed E-state index contributed by atoms with van der Waals surface area (Å²) in [5, 5.41) is 7.27. The molecule has 0 fully saturated rings. The minimum atomic E-state index is -3.78. The minimum Gasteiger partial charge on any atom is -0.388 e. The molecule has 3 N–H and O–H groups in total. The first-order valence-corrected chi connectivity index (χ1v) is 7.74. The lowest BCUT2D eigenvalue weighted by Gasteiger charge is -2.23. The number of benzene rings is 1. The number of rotatable bonds is 6. The third-order valence-electron chi connectivity index (χ3n) is 2.86. The van der Waals surface area contributed by atoms with Gasteiger partial charge < -0.3 is 10.3 Å².